The van der Waals surface area contributed by atoms with Gasteiger partial charge in [-0.1, -0.05) is 18.2 Å². The van der Waals surface area contributed by atoms with Crippen LogP contribution in [0.5, 0.6) is 0 Å². The van der Waals surface area contributed by atoms with E-state index in [9.17, 15) is 9.59 Å². The lowest BCUT2D eigenvalue weighted by Gasteiger charge is -2.11. The Morgan fingerprint density at radius 2 is 1.77 bits per heavy atom. The van der Waals surface area contributed by atoms with Crippen molar-refractivity contribution in [2.45, 2.75) is 6.92 Å². The van der Waals surface area contributed by atoms with Gasteiger partial charge in [0.05, 0.1) is 5.69 Å². The molecule has 0 aliphatic rings. The van der Waals surface area contributed by atoms with Crippen LogP contribution in [-0.2, 0) is 4.79 Å². The zero-order valence-electron chi connectivity index (χ0n) is 17.8. The van der Waals surface area contributed by atoms with Crippen LogP contribution < -0.4 is 16.0 Å². The number of hydrogen-bond donors (Lipinski definition) is 3. The minimum Gasteiger partial charge on any atom is -0.351 e. The van der Waals surface area contributed by atoms with Crippen molar-refractivity contribution >= 4 is 29.1 Å². The van der Waals surface area contributed by atoms with E-state index >= 15 is 0 Å². The third-order valence-electron chi connectivity index (χ3n) is 4.38. The summed E-state index contributed by atoms with van der Waals surface area (Å²) >= 11 is 0. The number of nitrogens with zero attached hydrogens (tertiary/aromatic N) is 3. The number of carbonyl (C=O) groups excluding carboxylic acids is 2. The van der Waals surface area contributed by atoms with Gasteiger partial charge in [0.25, 0.3) is 5.91 Å². The lowest BCUT2D eigenvalue weighted by Crippen LogP contribution is -2.31. The van der Waals surface area contributed by atoms with Crippen LogP contribution in [0.2, 0.25) is 0 Å². The molecule has 1 heterocycles. The lowest BCUT2D eigenvalue weighted by molar-refractivity contribution is -0.114. The molecule has 0 bridgehead atoms. The highest BCUT2D eigenvalue weighted by Crippen LogP contribution is 2.22. The van der Waals surface area contributed by atoms with Crippen molar-refractivity contribution < 1.29 is 9.59 Å². The van der Waals surface area contributed by atoms with Crippen LogP contribution in [0.1, 0.15) is 17.3 Å². The predicted octanol–water partition coefficient (Wildman–Crippen LogP) is 3.14. The Bertz CT molecular complexity index is 1050. The summed E-state index contributed by atoms with van der Waals surface area (Å²) in [5, 5.41) is 8.80. The van der Waals surface area contributed by atoms with Crippen molar-refractivity contribution in [1.29, 1.82) is 0 Å². The van der Waals surface area contributed by atoms with Crippen molar-refractivity contribution in [1.82, 2.24) is 20.2 Å². The Morgan fingerprint density at radius 3 is 2.48 bits per heavy atom. The number of likely N-dealkylation sites (N-methyl/N-ethyl adjacent to an activating group) is 1. The molecule has 0 radical (unpaired) electrons. The second-order valence-corrected chi connectivity index (χ2v) is 7.29. The average Bonchev–Trinajstić information content (AvgIpc) is 2.74. The molecule has 0 saturated heterocycles. The molecule has 0 saturated carbocycles. The molecule has 0 atom stereocenters. The number of hydrogen-bond acceptors (Lipinski definition) is 6. The van der Waals surface area contributed by atoms with Crippen LogP contribution in [0.15, 0.2) is 60.8 Å². The highest BCUT2D eigenvalue weighted by molar-refractivity contribution is 5.95. The Morgan fingerprint density at radius 1 is 1.00 bits per heavy atom. The van der Waals surface area contributed by atoms with Crippen molar-refractivity contribution in [3.05, 3.63) is 66.4 Å². The number of rotatable bonds is 8. The van der Waals surface area contributed by atoms with Crippen LogP contribution in [0, 0.1) is 0 Å². The maximum absolute atomic E-state index is 12.3. The fourth-order valence-electron chi connectivity index (χ4n) is 2.87. The van der Waals surface area contributed by atoms with E-state index in [4.69, 9.17) is 0 Å². The maximum Gasteiger partial charge on any atom is 0.251 e. The summed E-state index contributed by atoms with van der Waals surface area (Å²) in [4.78, 5) is 34.4. The van der Waals surface area contributed by atoms with Gasteiger partial charge in [-0.15, -0.1) is 0 Å². The number of aromatic nitrogens is 2. The molecule has 160 valence electrons. The minimum atomic E-state index is -0.126. The van der Waals surface area contributed by atoms with E-state index in [0.717, 1.165) is 29.2 Å². The first-order chi connectivity index (χ1) is 14.9. The van der Waals surface area contributed by atoms with Gasteiger partial charge in [0.2, 0.25) is 11.9 Å². The Labute approximate surface area is 181 Å². The van der Waals surface area contributed by atoms with Crippen molar-refractivity contribution in [2.24, 2.45) is 0 Å². The number of amides is 2. The average molecular weight is 419 g/mol. The summed E-state index contributed by atoms with van der Waals surface area (Å²) in [6.07, 6.45) is 1.67. The smallest absolute Gasteiger partial charge is 0.251 e. The topological polar surface area (TPSA) is 99.2 Å². The second kappa shape index (κ2) is 10.3. The van der Waals surface area contributed by atoms with Gasteiger partial charge < -0.3 is 20.9 Å². The molecule has 2 amide bonds. The SMILES string of the molecule is CC(=O)Nc1ccc(-c2ccnc(Nc3cccc(C(=O)NCCN(C)C)c3)n2)cc1. The second-order valence-electron chi connectivity index (χ2n) is 7.29. The molecule has 3 rings (SSSR count). The van der Waals surface area contributed by atoms with Gasteiger partial charge >= 0.3 is 0 Å². The van der Waals surface area contributed by atoms with Crippen LogP contribution in [0.3, 0.4) is 0 Å². The summed E-state index contributed by atoms with van der Waals surface area (Å²) in [7, 11) is 3.92. The third kappa shape index (κ3) is 6.61. The Balaban J connectivity index is 1.69. The molecule has 2 aromatic carbocycles. The fourth-order valence-corrected chi connectivity index (χ4v) is 2.87. The van der Waals surface area contributed by atoms with Gasteiger partial charge in [-0.3, -0.25) is 9.59 Å². The molecule has 0 aliphatic heterocycles. The zero-order valence-corrected chi connectivity index (χ0v) is 17.8. The monoisotopic (exact) mass is 418 g/mol. The maximum atomic E-state index is 12.3. The Hall–Kier alpha value is -3.78. The van der Waals surface area contributed by atoms with E-state index in [2.05, 4.69) is 25.9 Å². The molecule has 8 nitrogen and oxygen atoms in total. The molecule has 3 N–H and O–H groups in total. The largest absolute Gasteiger partial charge is 0.351 e. The lowest BCUT2D eigenvalue weighted by atomic mass is 10.1. The van der Waals surface area contributed by atoms with Gasteiger partial charge in [-0.05, 0) is 50.5 Å². The van der Waals surface area contributed by atoms with Crippen LogP contribution in [0.25, 0.3) is 11.3 Å². The summed E-state index contributed by atoms with van der Waals surface area (Å²) in [5.41, 5.74) is 3.65. The normalized spacial score (nSPS) is 10.6. The number of carbonyl (C=O) groups is 2. The van der Waals surface area contributed by atoms with Crippen molar-refractivity contribution in [3.8, 4) is 11.3 Å². The molecular formula is C23H26N6O2. The van der Waals surface area contributed by atoms with Gasteiger partial charge in [0, 0.05) is 48.7 Å². The van der Waals surface area contributed by atoms with E-state index in [1.54, 1.807) is 18.3 Å². The van der Waals surface area contributed by atoms with Gasteiger partial charge in [0.1, 0.15) is 0 Å². The zero-order chi connectivity index (χ0) is 22.2. The molecule has 8 heteroatoms. The highest BCUT2D eigenvalue weighted by atomic mass is 16.2. The number of benzene rings is 2. The van der Waals surface area contributed by atoms with E-state index in [1.165, 1.54) is 6.92 Å². The summed E-state index contributed by atoms with van der Waals surface area (Å²) in [5.74, 6) is 0.183. The minimum absolute atomic E-state index is 0.116. The molecule has 3 aromatic rings. The van der Waals surface area contributed by atoms with Crippen LogP contribution in [0.4, 0.5) is 17.3 Å². The molecule has 0 aliphatic carbocycles. The summed E-state index contributed by atoms with van der Waals surface area (Å²) in [6.45, 7) is 2.82. The first kappa shape index (κ1) is 21.9. The van der Waals surface area contributed by atoms with Crippen molar-refractivity contribution in [2.75, 3.05) is 37.8 Å². The summed E-state index contributed by atoms with van der Waals surface area (Å²) < 4.78 is 0. The van der Waals surface area contributed by atoms with Crippen molar-refractivity contribution in [3.63, 3.8) is 0 Å². The van der Waals surface area contributed by atoms with E-state index in [0.29, 0.717) is 18.1 Å². The standard InChI is InChI=1S/C23H26N6O2/c1-16(30)26-19-9-7-17(8-10-19)21-11-12-25-23(28-21)27-20-6-4-5-18(15-20)22(31)24-13-14-29(2)3/h4-12,15H,13-14H2,1-3H3,(H,24,31)(H,26,30)(H,25,27,28). The number of anilines is 3. The van der Waals surface area contributed by atoms with Crippen LogP contribution >= 0.6 is 0 Å². The third-order valence-corrected chi connectivity index (χ3v) is 4.38. The molecule has 1 aromatic heterocycles. The van der Waals surface area contributed by atoms with Gasteiger partial charge in [-0.25, -0.2) is 9.97 Å². The molecule has 0 spiro atoms. The number of nitrogens with one attached hydrogen (secondary N) is 3. The fraction of sp³-hybridized carbons (Fsp3) is 0.217. The Kier molecular flexibility index (Phi) is 7.29. The van der Waals surface area contributed by atoms with Gasteiger partial charge in [0.15, 0.2) is 0 Å². The summed E-state index contributed by atoms with van der Waals surface area (Å²) in [6, 6.07) is 16.4. The first-order valence-corrected chi connectivity index (χ1v) is 9.92. The molecule has 31 heavy (non-hydrogen) atoms. The molecule has 0 fully saturated rings. The van der Waals surface area contributed by atoms with E-state index in [-0.39, 0.29) is 11.8 Å². The first-order valence-electron chi connectivity index (χ1n) is 9.92. The molecular weight excluding hydrogens is 392 g/mol. The van der Waals surface area contributed by atoms with Gasteiger partial charge in [-0.2, -0.15) is 0 Å². The highest BCUT2D eigenvalue weighted by Gasteiger charge is 2.08. The van der Waals surface area contributed by atoms with E-state index < -0.39 is 0 Å². The van der Waals surface area contributed by atoms with E-state index in [1.807, 2.05) is 61.5 Å². The quantitative estimate of drug-likeness (QED) is 0.520. The molecule has 0 unspecified atom stereocenters. The van der Waals surface area contributed by atoms with Crippen LogP contribution in [-0.4, -0.2) is 53.9 Å². The predicted molar refractivity (Wildman–Crippen MR) is 122 cm³/mol.